The van der Waals surface area contributed by atoms with Gasteiger partial charge in [-0.1, -0.05) is 0 Å². The van der Waals surface area contributed by atoms with E-state index in [9.17, 15) is 4.79 Å². The summed E-state index contributed by atoms with van der Waals surface area (Å²) in [5.41, 5.74) is 0.823. The van der Waals surface area contributed by atoms with Crippen molar-refractivity contribution >= 4 is 5.97 Å². The molecule has 0 spiro atoms. The summed E-state index contributed by atoms with van der Waals surface area (Å²) in [4.78, 5) is 15.1. The lowest BCUT2D eigenvalue weighted by Gasteiger charge is -2.25. The van der Waals surface area contributed by atoms with Gasteiger partial charge in [0, 0.05) is 0 Å². The lowest BCUT2D eigenvalue weighted by atomic mass is 9.92. The van der Waals surface area contributed by atoms with Gasteiger partial charge in [0.25, 0.3) is 0 Å². The minimum atomic E-state index is -0.732. The van der Waals surface area contributed by atoms with Crippen LogP contribution < -0.4 is 5.32 Å². The molecule has 2 rings (SSSR count). The first-order valence-corrected chi connectivity index (χ1v) is 5.05. The topological polar surface area (TPSA) is 75.4 Å². The summed E-state index contributed by atoms with van der Waals surface area (Å²) >= 11 is 0. The minimum absolute atomic E-state index is 0.0615. The van der Waals surface area contributed by atoms with Crippen molar-refractivity contribution in [2.45, 2.75) is 25.8 Å². The molecule has 15 heavy (non-hydrogen) atoms. The smallest absolute Gasteiger partial charge is 0.306 e. The Morgan fingerprint density at radius 3 is 3.13 bits per heavy atom. The third kappa shape index (κ3) is 2.18. The van der Waals surface area contributed by atoms with Crippen molar-refractivity contribution in [2.75, 3.05) is 6.54 Å². The van der Waals surface area contributed by atoms with Crippen molar-refractivity contribution in [3.8, 4) is 0 Å². The highest BCUT2D eigenvalue weighted by Gasteiger charge is 2.29. The Labute approximate surface area is 87.5 Å². The minimum Gasteiger partial charge on any atom is -0.481 e. The van der Waals surface area contributed by atoms with Crippen molar-refractivity contribution in [2.24, 2.45) is 5.92 Å². The van der Waals surface area contributed by atoms with Crippen LogP contribution in [0.25, 0.3) is 0 Å². The van der Waals surface area contributed by atoms with Gasteiger partial charge in [-0.2, -0.15) is 0 Å². The number of carboxylic acids is 1. The zero-order valence-corrected chi connectivity index (χ0v) is 8.56. The average molecular weight is 210 g/mol. The molecule has 1 aliphatic rings. The molecule has 5 nitrogen and oxygen atoms in total. The molecule has 5 heteroatoms. The fraction of sp³-hybridized carbons (Fsp3) is 0.600. The van der Waals surface area contributed by atoms with Gasteiger partial charge in [-0.05, 0) is 26.3 Å². The maximum Gasteiger partial charge on any atom is 0.306 e. The molecule has 1 fully saturated rings. The quantitative estimate of drug-likeness (QED) is 0.764. The summed E-state index contributed by atoms with van der Waals surface area (Å²) in [5.74, 6) is -0.424. The highest BCUT2D eigenvalue weighted by molar-refractivity contribution is 5.70. The molecule has 2 heterocycles. The predicted octanol–water partition coefficient (Wildman–Crippen LogP) is 1.11. The first-order chi connectivity index (χ1) is 7.16. The molecule has 0 amide bonds. The van der Waals surface area contributed by atoms with Crippen molar-refractivity contribution in [1.29, 1.82) is 0 Å². The Morgan fingerprint density at radius 2 is 2.53 bits per heavy atom. The predicted molar refractivity (Wildman–Crippen MR) is 52.3 cm³/mol. The van der Waals surface area contributed by atoms with Gasteiger partial charge in [-0.15, -0.1) is 0 Å². The molecular weight excluding hydrogens is 196 g/mol. The molecule has 0 aliphatic carbocycles. The lowest BCUT2D eigenvalue weighted by Crippen LogP contribution is -2.35. The molecule has 2 atom stereocenters. The first-order valence-electron chi connectivity index (χ1n) is 5.05. The van der Waals surface area contributed by atoms with E-state index in [1.54, 1.807) is 6.26 Å². The zero-order chi connectivity index (χ0) is 10.8. The summed E-state index contributed by atoms with van der Waals surface area (Å²) in [5, 5.41) is 12.1. The Hall–Kier alpha value is -1.36. The molecule has 1 aromatic heterocycles. The van der Waals surface area contributed by atoms with E-state index >= 15 is 0 Å². The van der Waals surface area contributed by atoms with E-state index in [0.717, 1.165) is 5.69 Å². The van der Waals surface area contributed by atoms with Crippen LogP contribution in [0, 0.1) is 12.8 Å². The van der Waals surface area contributed by atoms with Crippen molar-refractivity contribution in [1.82, 2.24) is 10.3 Å². The van der Waals surface area contributed by atoms with Crippen LogP contribution >= 0.6 is 0 Å². The number of rotatable bonds is 2. The maximum atomic E-state index is 10.9. The number of carbonyl (C=O) groups is 1. The van der Waals surface area contributed by atoms with Crippen LogP contribution in [0.1, 0.15) is 30.5 Å². The molecule has 82 valence electrons. The number of nitrogens with one attached hydrogen (secondary N) is 1. The number of aromatic nitrogens is 1. The molecule has 2 unspecified atom stereocenters. The molecule has 1 aliphatic heterocycles. The number of aryl methyl sites for hydroxylation is 1. The summed E-state index contributed by atoms with van der Waals surface area (Å²) in [6.45, 7) is 2.55. The summed E-state index contributed by atoms with van der Waals surface area (Å²) < 4.78 is 5.27. The second-order valence-electron chi connectivity index (χ2n) is 3.89. The van der Waals surface area contributed by atoms with Crippen molar-refractivity contribution in [3.05, 3.63) is 17.8 Å². The summed E-state index contributed by atoms with van der Waals surface area (Å²) in [7, 11) is 0. The lowest BCUT2D eigenvalue weighted by molar-refractivity contribution is -0.143. The van der Waals surface area contributed by atoms with Crippen LogP contribution in [-0.2, 0) is 4.79 Å². The highest BCUT2D eigenvalue weighted by atomic mass is 16.4. The van der Waals surface area contributed by atoms with Gasteiger partial charge in [0.2, 0.25) is 5.89 Å². The van der Waals surface area contributed by atoms with Crippen LogP contribution in [0.3, 0.4) is 0 Å². The van der Waals surface area contributed by atoms with Gasteiger partial charge in [0.15, 0.2) is 0 Å². The number of nitrogens with zero attached hydrogens (tertiary/aromatic N) is 1. The molecule has 0 saturated carbocycles. The molecule has 1 saturated heterocycles. The first kappa shape index (κ1) is 10.2. The Bertz CT molecular complexity index is 361. The van der Waals surface area contributed by atoms with E-state index in [-0.39, 0.29) is 12.0 Å². The fourth-order valence-electron chi connectivity index (χ4n) is 1.86. The third-order valence-corrected chi connectivity index (χ3v) is 2.69. The molecule has 0 bridgehead atoms. The SMILES string of the molecule is Cc1coc(C2CC(C(=O)O)CCN2)n1. The number of aliphatic carboxylic acids is 1. The summed E-state index contributed by atoms with van der Waals surface area (Å²) in [6.07, 6.45) is 2.81. The largest absolute Gasteiger partial charge is 0.481 e. The van der Waals surface area contributed by atoms with Crippen LogP contribution in [0.2, 0.25) is 0 Å². The second-order valence-corrected chi connectivity index (χ2v) is 3.89. The van der Waals surface area contributed by atoms with Gasteiger partial charge in [-0.3, -0.25) is 4.79 Å². The number of carboxylic acid groups (broad SMARTS) is 1. The monoisotopic (exact) mass is 210 g/mol. The van der Waals surface area contributed by atoms with Gasteiger partial charge in [0.05, 0.1) is 17.7 Å². The Balaban J connectivity index is 2.07. The Kier molecular flexibility index (Phi) is 2.73. The van der Waals surface area contributed by atoms with Crippen molar-refractivity contribution in [3.63, 3.8) is 0 Å². The van der Waals surface area contributed by atoms with Gasteiger partial charge < -0.3 is 14.8 Å². The molecule has 0 radical (unpaired) electrons. The number of hydrogen-bond donors (Lipinski definition) is 2. The van der Waals surface area contributed by atoms with Crippen LogP contribution in [0.5, 0.6) is 0 Å². The second kappa shape index (κ2) is 4.02. The van der Waals surface area contributed by atoms with E-state index in [2.05, 4.69) is 10.3 Å². The zero-order valence-electron chi connectivity index (χ0n) is 8.56. The average Bonchev–Trinajstić information content (AvgIpc) is 2.65. The van der Waals surface area contributed by atoms with E-state index in [0.29, 0.717) is 25.3 Å². The fourth-order valence-corrected chi connectivity index (χ4v) is 1.86. The molecular formula is C10H14N2O3. The normalized spacial score (nSPS) is 26.5. The van der Waals surface area contributed by atoms with Gasteiger partial charge in [0.1, 0.15) is 6.26 Å². The van der Waals surface area contributed by atoms with Crippen LogP contribution in [-0.4, -0.2) is 22.6 Å². The molecule has 1 aromatic rings. The van der Waals surface area contributed by atoms with Crippen LogP contribution in [0.4, 0.5) is 0 Å². The summed E-state index contributed by atoms with van der Waals surface area (Å²) in [6, 6.07) is -0.0615. The van der Waals surface area contributed by atoms with Gasteiger partial charge >= 0.3 is 5.97 Å². The maximum absolute atomic E-state index is 10.9. The number of hydrogen-bond acceptors (Lipinski definition) is 4. The van der Waals surface area contributed by atoms with E-state index in [1.165, 1.54) is 0 Å². The van der Waals surface area contributed by atoms with Crippen molar-refractivity contribution < 1.29 is 14.3 Å². The van der Waals surface area contributed by atoms with Crippen LogP contribution in [0.15, 0.2) is 10.7 Å². The molecule has 2 N–H and O–H groups in total. The van der Waals surface area contributed by atoms with E-state index < -0.39 is 5.97 Å². The highest BCUT2D eigenvalue weighted by Crippen LogP contribution is 2.26. The Morgan fingerprint density at radius 1 is 1.73 bits per heavy atom. The van der Waals surface area contributed by atoms with E-state index in [4.69, 9.17) is 9.52 Å². The number of piperidine rings is 1. The van der Waals surface area contributed by atoms with E-state index in [1.807, 2.05) is 6.92 Å². The van der Waals surface area contributed by atoms with Gasteiger partial charge in [-0.25, -0.2) is 4.98 Å². The third-order valence-electron chi connectivity index (χ3n) is 2.69. The standard InChI is InChI=1S/C10H14N2O3/c1-6-5-15-9(12-6)8-4-7(10(13)14)2-3-11-8/h5,7-8,11H,2-4H2,1H3,(H,13,14). The molecule has 0 aromatic carbocycles. The number of oxazole rings is 1.